The first kappa shape index (κ1) is 9.69. The molecule has 1 aromatic heterocycles. The van der Waals surface area contributed by atoms with E-state index in [1.165, 1.54) is 0 Å². The van der Waals surface area contributed by atoms with Crippen molar-refractivity contribution in [2.24, 2.45) is 5.73 Å². The van der Waals surface area contributed by atoms with Gasteiger partial charge in [0.2, 0.25) is 0 Å². The SMILES string of the molecule is C#CCCCC(N)c1ncccn1. The summed E-state index contributed by atoms with van der Waals surface area (Å²) in [4.78, 5) is 8.14. The maximum Gasteiger partial charge on any atom is 0.144 e. The third-order valence-electron chi connectivity index (χ3n) is 1.75. The summed E-state index contributed by atoms with van der Waals surface area (Å²) in [5.41, 5.74) is 5.84. The van der Waals surface area contributed by atoms with E-state index in [9.17, 15) is 0 Å². The maximum absolute atomic E-state index is 5.84. The smallest absolute Gasteiger partial charge is 0.144 e. The first-order valence-electron chi connectivity index (χ1n) is 4.30. The van der Waals surface area contributed by atoms with E-state index < -0.39 is 0 Å². The van der Waals surface area contributed by atoms with Gasteiger partial charge in [0.15, 0.2) is 0 Å². The Bertz CT molecular complexity index is 276. The maximum atomic E-state index is 5.84. The van der Waals surface area contributed by atoms with Crippen molar-refractivity contribution >= 4 is 0 Å². The van der Waals surface area contributed by atoms with Crippen LogP contribution in [0.2, 0.25) is 0 Å². The molecule has 1 heterocycles. The number of hydrogen-bond donors (Lipinski definition) is 1. The fourth-order valence-electron chi connectivity index (χ4n) is 1.06. The highest BCUT2D eigenvalue weighted by atomic mass is 14.9. The number of nitrogens with zero attached hydrogens (tertiary/aromatic N) is 2. The number of terminal acetylenes is 1. The van der Waals surface area contributed by atoms with E-state index in [-0.39, 0.29) is 6.04 Å². The van der Waals surface area contributed by atoms with Crippen molar-refractivity contribution < 1.29 is 0 Å². The minimum atomic E-state index is -0.0884. The summed E-state index contributed by atoms with van der Waals surface area (Å²) in [6, 6.07) is 1.69. The number of aromatic nitrogens is 2. The number of hydrogen-bond acceptors (Lipinski definition) is 3. The zero-order valence-corrected chi connectivity index (χ0v) is 7.48. The van der Waals surface area contributed by atoms with Crippen LogP contribution in [-0.2, 0) is 0 Å². The molecule has 1 rings (SSSR count). The molecule has 3 nitrogen and oxygen atoms in total. The van der Waals surface area contributed by atoms with Gasteiger partial charge in [-0.25, -0.2) is 9.97 Å². The Morgan fingerprint density at radius 1 is 1.46 bits per heavy atom. The summed E-state index contributed by atoms with van der Waals surface area (Å²) < 4.78 is 0. The Kier molecular flexibility index (Phi) is 3.94. The van der Waals surface area contributed by atoms with Crippen molar-refractivity contribution in [3.05, 3.63) is 24.3 Å². The Balaban J connectivity index is 2.41. The second kappa shape index (κ2) is 5.28. The molecule has 13 heavy (non-hydrogen) atoms. The molecule has 3 heteroatoms. The van der Waals surface area contributed by atoms with Crippen molar-refractivity contribution in [2.45, 2.75) is 25.3 Å². The second-order valence-electron chi connectivity index (χ2n) is 2.81. The van der Waals surface area contributed by atoms with Gasteiger partial charge in [0, 0.05) is 18.8 Å². The molecule has 0 aliphatic carbocycles. The number of unbranched alkanes of at least 4 members (excludes halogenated alkanes) is 1. The third kappa shape index (κ3) is 3.22. The van der Waals surface area contributed by atoms with Gasteiger partial charge >= 0.3 is 0 Å². The van der Waals surface area contributed by atoms with Gasteiger partial charge in [0.1, 0.15) is 5.82 Å². The molecule has 0 bridgehead atoms. The largest absolute Gasteiger partial charge is 0.321 e. The highest BCUT2D eigenvalue weighted by molar-refractivity contribution is 4.95. The van der Waals surface area contributed by atoms with Gasteiger partial charge in [-0.3, -0.25) is 0 Å². The topological polar surface area (TPSA) is 51.8 Å². The molecule has 1 aromatic rings. The molecule has 0 amide bonds. The quantitative estimate of drug-likeness (QED) is 0.554. The van der Waals surface area contributed by atoms with Gasteiger partial charge in [0.05, 0.1) is 6.04 Å². The molecule has 0 aliphatic heterocycles. The van der Waals surface area contributed by atoms with E-state index in [2.05, 4.69) is 15.9 Å². The van der Waals surface area contributed by atoms with Crippen molar-refractivity contribution in [1.29, 1.82) is 0 Å². The predicted octanol–water partition coefficient (Wildman–Crippen LogP) is 1.28. The van der Waals surface area contributed by atoms with Crippen LogP contribution < -0.4 is 5.73 Å². The zero-order chi connectivity index (χ0) is 9.52. The predicted molar refractivity (Wildman–Crippen MR) is 51.6 cm³/mol. The minimum Gasteiger partial charge on any atom is -0.321 e. The average Bonchev–Trinajstić information content (AvgIpc) is 2.19. The molecule has 0 aliphatic rings. The van der Waals surface area contributed by atoms with E-state index in [1.807, 2.05) is 0 Å². The Hall–Kier alpha value is -1.40. The lowest BCUT2D eigenvalue weighted by atomic mass is 10.1. The zero-order valence-electron chi connectivity index (χ0n) is 7.48. The van der Waals surface area contributed by atoms with Crippen molar-refractivity contribution in [3.8, 4) is 12.3 Å². The van der Waals surface area contributed by atoms with E-state index in [4.69, 9.17) is 12.2 Å². The van der Waals surface area contributed by atoms with E-state index >= 15 is 0 Å². The Morgan fingerprint density at radius 2 is 2.15 bits per heavy atom. The van der Waals surface area contributed by atoms with Gasteiger partial charge in [-0.15, -0.1) is 12.3 Å². The first-order chi connectivity index (χ1) is 6.34. The van der Waals surface area contributed by atoms with Gasteiger partial charge < -0.3 is 5.73 Å². The average molecular weight is 175 g/mol. The van der Waals surface area contributed by atoms with Crippen LogP contribution in [0.1, 0.15) is 31.1 Å². The monoisotopic (exact) mass is 175 g/mol. The van der Waals surface area contributed by atoms with E-state index in [1.54, 1.807) is 18.5 Å². The van der Waals surface area contributed by atoms with Crippen LogP contribution >= 0.6 is 0 Å². The number of rotatable bonds is 4. The summed E-state index contributed by atoms with van der Waals surface area (Å²) in [6.07, 6.45) is 11.1. The van der Waals surface area contributed by atoms with Gasteiger partial charge in [-0.05, 0) is 18.9 Å². The van der Waals surface area contributed by atoms with Crippen molar-refractivity contribution in [2.75, 3.05) is 0 Å². The van der Waals surface area contributed by atoms with E-state index in [0.29, 0.717) is 5.82 Å². The summed E-state index contributed by atoms with van der Waals surface area (Å²) in [5.74, 6) is 3.27. The molecule has 1 unspecified atom stereocenters. The summed E-state index contributed by atoms with van der Waals surface area (Å²) in [5, 5.41) is 0. The summed E-state index contributed by atoms with van der Waals surface area (Å²) in [6.45, 7) is 0. The molecule has 68 valence electrons. The lowest BCUT2D eigenvalue weighted by Crippen LogP contribution is -2.13. The van der Waals surface area contributed by atoms with Crippen LogP contribution in [0, 0.1) is 12.3 Å². The Morgan fingerprint density at radius 3 is 2.77 bits per heavy atom. The molecule has 0 aromatic carbocycles. The third-order valence-corrected chi connectivity index (χ3v) is 1.75. The fraction of sp³-hybridized carbons (Fsp3) is 0.400. The second-order valence-corrected chi connectivity index (χ2v) is 2.81. The molecule has 2 N–H and O–H groups in total. The normalized spacial score (nSPS) is 12.0. The van der Waals surface area contributed by atoms with Gasteiger partial charge in [-0.1, -0.05) is 0 Å². The first-order valence-corrected chi connectivity index (χ1v) is 4.30. The van der Waals surface area contributed by atoms with Crippen LogP contribution in [0.4, 0.5) is 0 Å². The fourth-order valence-corrected chi connectivity index (χ4v) is 1.06. The van der Waals surface area contributed by atoms with E-state index in [0.717, 1.165) is 19.3 Å². The summed E-state index contributed by atoms with van der Waals surface area (Å²) in [7, 11) is 0. The van der Waals surface area contributed by atoms with Crippen molar-refractivity contribution in [1.82, 2.24) is 9.97 Å². The number of nitrogens with two attached hydrogens (primary N) is 1. The van der Waals surface area contributed by atoms with Crippen LogP contribution in [0.25, 0.3) is 0 Å². The Labute approximate surface area is 78.4 Å². The molecule has 0 spiro atoms. The molecule has 0 radical (unpaired) electrons. The molecular formula is C10H13N3. The molecule has 0 saturated heterocycles. The lowest BCUT2D eigenvalue weighted by Gasteiger charge is -2.07. The highest BCUT2D eigenvalue weighted by Crippen LogP contribution is 2.10. The van der Waals surface area contributed by atoms with Crippen molar-refractivity contribution in [3.63, 3.8) is 0 Å². The van der Waals surface area contributed by atoms with Crippen LogP contribution in [0.5, 0.6) is 0 Å². The highest BCUT2D eigenvalue weighted by Gasteiger charge is 2.06. The van der Waals surface area contributed by atoms with Crippen LogP contribution in [0.3, 0.4) is 0 Å². The molecule has 0 fully saturated rings. The minimum absolute atomic E-state index is 0.0884. The summed E-state index contributed by atoms with van der Waals surface area (Å²) >= 11 is 0. The van der Waals surface area contributed by atoms with Crippen LogP contribution in [-0.4, -0.2) is 9.97 Å². The van der Waals surface area contributed by atoms with Gasteiger partial charge in [0.25, 0.3) is 0 Å². The molecule has 0 saturated carbocycles. The van der Waals surface area contributed by atoms with Crippen LogP contribution in [0.15, 0.2) is 18.5 Å². The molecular weight excluding hydrogens is 162 g/mol. The standard InChI is InChI=1S/C10H13N3/c1-2-3-4-6-9(11)10-12-7-5-8-13-10/h1,5,7-9H,3-4,6,11H2. The van der Waals surface area contributed by atoms with Gasteiger partial charge in [-0.2, -0.15) is 0 Å². The lowest BCUT2D eigenvalue weighted by molar-refractivity contribution is 0.588. The molecule has 1 atom stereocenters.